The molecule has 0 N–H and O–H groups in total. The Balaban J connectivity index is 1.74. The van der Waals surface area contributed by atoms with Crippen LogP contribution in [0.3, 0.4) is 0 Å². The van der Waals surface area contributed by atoms with E-state index in [0.717, 1.165) is 37.3 Å². The van der Waals surface area contributed by atoms with Crippen molar-refractivity contribution in [2.75, 3.05) is 18.0 Å². The van der Waals surface area contributed by atoms with Crippen molar-refractivity contribution in [1.82, 2.24) is 4.90 Å². The number of piperidine rings is 1. The van der Waals surface area contributed by atoms with Crippen molar-refractivity contribution in [3.63, 3.8) is 0 Å². The van der Waals surface area contributed by atoms with Crippen molar-refractivity contribution in [1.29, 1.82) is 0 Å². The molecule has 25 heavy (non-hydrogen) atoms. The molecule has 0 atom stereocenters. The molecule has 1 saturated heterocycles. The fourth-order valence-corrected chi connectivity index (χ4v) is 3.52. The molecular weight excluding hydrogens is 316 g/mol. The molecule has 0 radical (unpaired) electrons. The highest BCUT2D eigenvalue weighted by Crippen LogP contribution is 2.31. The Kier molecular flexibility index (Phi) is 3.84. The summed E-state index contributed by atoms with van der Waals surface area (Å²) < 4.78 is 0. The second-order valence-electron chi connectivity index (χ2n) is 6.36. The molecule has 2 aliphatic rings. The zero-order chi connectivity index (χ0) is 17.4. The summed E-state index contributed by atoms with van der Waals surface area (Å²) in [6, 6.07) is 13.6. The van der Waals surface area contributed by atoms with Crippen LogP contribution in [0.5, 0.6) is 0 Å². The zero-order valence-corrected chi connectivity index (χ0v) is 13.8. The molecule has 5 nitrogen and oxygen atoms in total. The van der Waals surface area contributed by atoms with Gasteiger partial charge in [-0.2, -0.15) is 0 Å². The SMILES string of the molecule is O=C(c1ccccc1N1C(=O)c2ccccc2C1=O)N1CCCCC1. The third-order valence-corrected chi connectivity index (χ3v) is 4.81. The summed E-state index contributed by atoms with van der Waals surface area (Å²) in [7, 11) is 0. The first-order chi connectivity index (χ1) is 12.2. The molecule has 0 bridgehead atoms. The summed E-state index contributed by atoms with van der Waals surface area (Å²) in [4.78, 5) is 41.4. The molecule has 2 aliphatic heterocycles. The summed E-state index contributed by atoms with van der Waals surface area (Å²) in [6.45, 7) is 1.44. The summed E-state index contributed by atoms with van der Waals surface area (Å²) in [5, 5.41) is 0. The van der Waals surface area contributed by atoms with Crippen LogP contribution in [-0.4, -0.2) is 35.7 Å². The molecule has 0 aromatic heterocycles. The van der Waals surface area contributed by atoms with Crippen LogP contribution in [-0.2, 0) is 0 Å². The maximum Gasteiger partial charge on any atom is 0.266 e. The molecule has 5 heteroatoms. The molecule has 2 aromatic rings. The minimum absolute atomic E-state index is 0.119. The van der Waals surface area contributed by atoms with Crippen LogP contribution >= 0.6 is 0 Å². The predicted molar refractivity (Wildman–Crippen MR) is 93.8 cm³/mol. The zero-order valence-electron chi connectivity index (χ0n) is 13.8. The summed E-state index contributed by atoms with van der Waals surface area (Å²) in [6.07, 6.45) is 3.10. The number of fused-ring (bicyclic) bond motifs is 1. The van der Waals surface area contributed by atoms with Gasteiger partial charge in [0.15, 0.2) is 0 Å². The first kappa shape index (κ1) is 15.6. The highest BCUT2D eigenvalue weighted by Gasteiger charge is 2.38. The standard InChI is InChI=1S/C20H18N2O3/c23-18(21-12-6-1-7-13-21)16-10-4-5-11-17(16)22-19(24)14-8-2-3-9-15(14)20(22)25/h2-5,8-11H,1,6-7,12-13H2. The first-order valence-corrected chi connectivity index (χ1v) is 8.54. The highest BCUT2D eigenvalue weighted by molar-refractivity contribution is 6.35. The van der Waals surface area contributed by atoms with Crippen molar-refractivity contribution in [3.8, 4) is 0 Å². The van der Waals surface area contributed by atoms with E-state index in [2.05, 4.69) is 0 Å². The van der Waals surface area contributed by atoms with Crippen LogP contribution in [0.2, 0.25) is 0 Å². The van der Waals surface area contributed by atoms with E-state index < -0.39 is 0 Å². The van der Waals surface area contributed by atoms with E-state index in [1.165, 1.54) is 0 Å². The number of benzene rings is 2. The van der Waals surface area contributed by atoms with Crippen LogP contribution in [0.25, 0.3) is 0 Å². The average molecular weight is 334 g/mol. The van der Waals surface area contributed by atoms with Crippen molar-refractivity contribution >= 4 is 23.4 Å². The van der Waals surface area contributed by atoms with Crippen LogP contribution in [0.1, 0.15) is 50.3 Å². The lowest BCUT2D eigenvalue weighted by molar-refractivity contribution is 0.0725. The van der Waals surface area contributed by atoms with Gasteiger partial charge in [0.05, 0.1) is 22.4 Å². The molecule has 0 aliphatic carbocycles. The second kappa shape index (κ2) is 6.16. The van der Waals surface area contributed by atoms with Crippen molar-refractivity contribution in [2.24, 2.45) is 0 Å². The number of rotatable bonds is 2. The Labute approximate surface area is 145 Å². The van der Waals surface area contributed by atoms with Gasteiger partial charge in [-0.15, -0.1) is 0 Å². The van der Waals surface area contributed by atoms with E-state index >= 15 is 0 Å². The molecule has 1 fully saturated rings. The van der Waals surface area contributed by atoms with Gasteiger partial charge in [0, 0.05) is 13.1 Å². The fourth-order valence-electron chi connectivity index (χ4n) is 3.52. The van der Waals surface area contributed by atoms with E-state index in [9.17, 15) is 14.4 Å². The number of likely N-dealkylation sites (tertiary alicyclic amines) is 1. The van der Waals surface area contributed by atoms with Gasteiger partial charge < -0.3 is 4.90 Å². The molecule has 3 amide bonds. The van der Waals surface area contributed by atoms with Crippen LogP contribution in [0.4, 0.5) is 5.69 Å². The molecule has 0 saturated carbocycles. The molecule has 126 valence electrons. The predicted octanol–water partition coefficient (Wildman–Crippen LogP) is 3.11. The molecule has 2 heterocycles. The number of amides is 3. The minimum atomic E-state index is -0.375. The number of carbonyl (C=O) groups is 3. The third kappa shape index (κ3) is 2.52. The largest absolute Gasteiger partial charge is 0.339 e. The maximum absolute atomic E-state index is 12.9. The number of carbonyl (C=O) groups excluding carboxylic acids is 3. The Bertz CT molecular complexity index is 834. The van der Waals surface area contributed by atoms with Gasteiger partial charge >= 0.3 is 0 Å². The van der Waals surface area contributed by atoms with E-state index in [1.807, 2.05) is 0 Å². The van der Waals surface area contributed by atoms with Crippen molar-refractivity contribution < 1.29 is 14.4 Å². The molecule has 0 unspecified atom stereocenters. The second-order valence-corrected chi connectivity index (χ2v) is 6.36. The van der Waals surface area contributed by atoms with Gasteiger partial charge in [-0.05, 0) is 43.5 Å². The van der Waals surface area contributed by atoms with E-state index in [0.29, 0.717) is 22.4 Å². The van der Waals surface area contributed by atoms with E-state index in [1.54, 1.807) is 53.4 Å². The third-order valence-electron chi connectivity index (χ3n) is 4.81. The van der Waals surface area contributed by atoms with E-state index in [-0.39, 0.29) is 17.7 Å². The van der Waals surface area contributed by atoms with Gasteiger partial charge in [-0.25, -0.2) is 4.90 Å². The van der Waals surface area contributed by atoms with Crippen molar-refractivity contribution in [2.45, 2.75) is 19.3 Å². The number of nitrogens with zero attached hydrogens (tertiary/aromatic N) is 2. The van der Waals surface area contributed by atoms with Gasteiger partial charge in [0.1, 0.15) is 0 Å². The Morgan fingerprint density at radius 3 is 1.96 bits per heavy atom. The lowest BCUT2D eigenvalue weighted by Crippen LogP contribution is -2.37. The number of anilines is 1. The lowest BCUT2D eigenvalue weighted by atomic mass is 10.1. The van der Waals surface area contributed by atoms with Crippen LogP contribution in [0, 0.1) is 0 Å². The highest BCUT2D eigenvalue weighted by atomic mass is 16.2. The van der Waals surface area contributed by atoms with Gasteiger partial charge in [0.2, 0.25) is 0 Å². The lowest BCUT2D eigenvalue weighted by Gasteiger charge is -2.28. The van der Waals surface area contributed by atoms with Crippen molar-refractivity contribution in [3.05, 3.63) is 65.2 Å². The van der Waals surface area contributed by atoms with Gasteiger partial charge in [-0.3, -0.25) is 14.4 Å². The smallest absolute Gasteiger partial charge is 0.266 e. The topological polar surface area (TPSA) is 57.7 Å². The maximum atomic E-state index is 12.9. The van der Waals surface area contributed by atoms with Crippen LogP contribution < -0.4 is 4.90 Å². The Morgan fingerprint density at radius 1 is 0.760 bits per heavy atom. The Hall–Kier alpha value is -2.95. The number of hydrogen-bond acceptors (Lipinski definition) is 3. The normalized spacial score (nSPS) is 17.0. The quantitative estimate of drug-likeness (QED) is 0.793. The number of imide groups is 1. The Morgan fingerprint density at radius 2 is 1.32 bits per heavy atom. The molecule has 2 aromatic carbocycles. The van der Waals surface area contributed by atoms with E-state index in [4.69, 9.17) is 0 Å². The number of para-hydroxylation sites is 1. The number of hydrogen-bond donors (Lipinski definition) is 0. The van der Waals surface area contributed by atoms with Crippen LogP contribution in [0.15, 0.2) is 48.5 Å². The molecule has 0 spiro atoms. The summed E-state index contributed by atoms with van der Waals surface area (Å²) in [5.74, 6) is -0.870. The van der Waals surface area contributed by atoms with Gasteiger partial charge in [-0.1, -0.05) is 24.3 Å². The average Bonchev–Trinajstić information content (AvgIpc) is 2.93. The minimum Gasteiger partial charge on any atom is -0.339 e. The first-order valence-electron chi connectivity index (χ1n) is 8.54. The van der Waals surface area contributed by atoms with Gasteiger partial charge in [0.25, 0.3) is 17.7 Å². The fraction of sp³-hybridized carbons (Fsp3) is 0.250. The summed E-state index contributed by atoms with van der Waals surface area (Å²) >= 11 is 0. The molecule has 4 rings (SSSR count). The summed E-state index contributed by atoms with van der Waals surface area (Å²) in [5.41, 5.74) is 1.53. The monoisotopic (exact) mass is 334 g/mol. The molecular formula is C20H18N2O3.